The highest BCUT2D eigenvalue weighted by atomic mass is 16.5. The molecule has 0 aliphatic carbocycles. The lowest BCUT2D eigenvalue weighted by molar-refractivity contribution is -0.129. The van der Waals surface area contributed by atoms with Crippen molar-refractivity contribution in [3.05, 3.63) is 47.8 Å². The van der Waals surface area contributed by atoms with E-state index >= 15 is 0 Å². The number of hydrogen-bond donors (Lipinski definition) is 1. The van der Waals surface area contributed by atoms with E-state index in [4.69, 9.17) is 0 Å². The molecule has 2 amide bonds. The maximum Gasteiger partial charge on any atom is 0.337 e. The van der Waals surface area contributed by atoms with E-state index in [0.29, 0.717) is 48.9 Å². The summed E-state index contributed by atoms with van der Waals surface area (Å²) in [5.41, 5.74) is 1.11. The van der Waals surface area contributed by atoms with Crippen LogP contribution < -0.4 is 10.2 Å². The molecule has 9 nitrogen and oxygen atoms in total. The summed E-state index contributed by atoms with van der Waals surface area (Å²) in [4.78, 5) is 47.7. The second-order valence-electron chi connectivity index (χ2n) is 6.29. The average molecular weight is 383 g/mol. The molecular formula is C19H21N5O4. The Morgan fingerprint density at radius 3 is 2.32 bits per heavy atom. The number of anilines is 2. The van der Waals surface area contributed by atoms with Gasteiger partial charge in [0.05, 0.1) is 18.2 Å². The minimum Gasteiger partial charge on any atom is -0.465 e. The first-order valence-electron chi connectivity index (χ1n) is 8.80. The molecule has 2 heterocycles. The van der Waals surface area contributed by atoms with Gasteiger partial charge < -0.3 is 19.9 Å². The molecule has 0 atom stereocenters. The van der Waals surface area contributed by atoms with Gasteiger partial charge in [0.1, 0.15) is 0 Å². The van der Waals surface area contributed by atoms with E-state index in [2.05, 4.69) is 20.0 Å². The molecule has 1 aromatic heterocycles. The Bertz CT molecular complexity index is 876. The lowest BCUT2D eigenvalue weighted by Crippen LogP contribution is -2.48. The van der Waals surface area contributed by atoms with E-state index < -0.39 is 5.97 Å². The fraction of sp³-hybridized carbons (Fsp3) is 0.316. The summed E-state index contributed by atoms with van der Waals surface area (Å²) >= 11 is 0. The smallest absolute Gasteiger partial charge is 0.337 e. The first-order chi connectivity index (χ1) is 13.5. The van der Waals surface area contributed by atoms with Gasteiger partial charge in [-0.15, -0.1) is 0 Å². The Morgan fingerprint density at radius 1 is 1.04 bits per heavy atom. The van der Waals surface area contributed by atoms with Crippen molar-refractivity contribution in [2.45, 2.75) is 6.92 Å². The van der Waals surface area contributed by atoms with Crippen molar-refractivity contribution >= 4 is 29.4 Å². The molecule has 9 heteroatoms. The number of carbonyl (C=O) groups excluding carboxylic acids is 3. The van der Waals surface area contributed by atoms with Gasteiger partial charge in [-0.3, -0.25) is 9.59 Å². The molecule has 0 spiro atoms. The third-order valence-corrected chi connectivity index (χ3v) is 4.45. The molecule has 146 valence electrons. The second-order valence-corrected chi connectivity index (χ2v) is 6.29. The lowest BCUT2D eigenvalue weighted by atomic mass is 10.2. The zero-order chi connectivity index (χ0) is 20.1. The minimum absolute atomic E-state index is 0.0591. The zero-order valence-electron chi connectivity index (χ0n) is 15.7. The maximum absolute atomic E-state index is 12.4. The van der Waals surface area contributed by atoms with Gasteiger partial charge in [0.25, 0.3) is 5.91 Å². The first kappa shape index (κ1) is 19.3. The van der Waals surface area contributed by atoms with Crippen molar-refractivity contribution in [1.82, 2.24) is 14.9 Å². The van der Waals surface area contributed by atoms with Crippen LogP contribution in [-0.4, -0.2) is 65.9 Å². The summed E-state index contributed by atoms with van der Waals surface area (Å²) in [6.07, 6.45) is 2.92. The third kappa shape index (κ3) is 4.43. The van der Waals surface area contributed by atoms with Crippen molar-refractivity contribution in [3.63, 3.8) is 0 Å². The van der Waals surface area contributed by atoms with Gasteiger partial charge in [-0.25, -0.2) is 14.8 Å². The van der Waals surface area contributed by atoms with Crippen LogP contribution in [0.3, 0.4) is 0 Å². The highest BCUT2D eigenvalue weighted by molar-refractivity contribution is 6.04. The van der Waals surface area contributed by atoms with Crippen LogP contribution in [0.5, 0.6) is 0 Å². The molecule has 1 N–H and O–H groups in total. The monoisotopic (exact) mass is 383 g/mol. The highest BCUT2D eigenvalue weighted by Gasteiger charge is 2.20. The predicted octanol–water partition coefficient (Wildman–Crippen LogP) is 1.18. The van der Waals surface area contributed by atoms with E-state index in [-0.39, 0.29) is 11.8 Å². The largest absolute Gasteiger partial charge is 0.465 e. The lowest BCUT2D eigenvalue weighted by Gasteiger charge is -2.34. The average Bonchev–Trinajstić information content (AvgIpc) is 2.73. The van der Waals surface area contributed by atoms with Crippen molar-refractivity contribution in [3.8, 4) is 0 Å². The number of hydrogen-bond acceptors (Lipinski definition) is 7. The van der Waals surface area contributed by atoms with Gasteiger partial charge in [0.15, 0.2) is 0 Å². The zero-order valence-corrected chi connectivity index (χ0v) is 15.7. The van der Waals surface area contributed by atoms with Crippen LogP contribution in [0.1, 0.15) is 27.6 Å². The Balaban J connectivity index is 1.63. The number of methoxy groups -OCH3 is 1. The SMILES string of the molecule is COC(=O)c1cccc(NC(=O)c2cnc(N3CCN(C(C)=O)CC3)nc2)c1. The molecule has 1 aromatic carbocycles. The Labute approximate surface area is 162 Å². The molecule has 0 radical (unpaired) electrons. The van der Waals surface area contributed by atoms with Crippen LogP contribution in [0.4, 0.5) is 11.6 Å². The van der Waals surface area contributed by atoms with Crippen LogP contribution in [0.15, 0.2) is 36.7 Å². The Kier molecular flexibility index (Phi) is 5.83. The number of aromatic nitrogens is 2. The molecule has 2 aromatic rings. The third-order valence-electron chi connectivity index (χ3n) is 4.45. The normalized spacial score (nSPS) is 13.8. The number of benzene rings is 1. The van der Waals surface area contributed by atoms with Crippen molar-refractivity contribution in [2.24, 2.45) is 0 Å². The van der Waals surface area contributed by atoms with Crippen LogP contribution in [0, 0.1) is 0 Å². The molecule has 28 heavy (non-hydrogen) atoms. The van der Waals surface area contributed by atoms with Crippen molar-refractivity contribution in [1.29, 1.82) is 0 Å². The van der Waals surface area contributed by atoms with Crippen molar-refractivity contribution in [2.75, 3.05) is 43.5 Å². The fourth-order valence-corrected chi connectivity index (χ4v) is 2.87. The number of piperazine rings is 1. The number of nitrogens with zero attached hydrogens (tertiary/aromatic N) is 4. The summed E-state index contributed by atoms with van der Waals surface area (Å²) < 4.78 is 4.67. The number of rotatable bonds is 4. The molecule has 1 saturated heterocycles. The molecule has 1 aliphatic rings. The van der Waals surface area contributed by atoms with Gasteiger partial charge in [-0.1, -0.05) is 6.07 Å². The number of esters is 1. The number of ether oxygens (including phenoxy) is 1. The number of nitrogens with one attached hydrogen (secondary N) is 1. The summed E-state index contributed by atoms with van der Waals surface area (Å²) in [6, 6.07) is 6.47. The van der Waals surface area contributed by atoms with Crippen LogP contribution >= 0.6 is 0 Å². The Hall–Kier alpha value is -3.49. The number of amides is 2. The van der Waals surface area contributed by atoms with Crippen LogP contribution in [0.2, 0.25) is 0 Å². The van der Waals surface area contributed by atoms with E-state index in [1.165, 1.54) is 25.6 Å². The second kappa shape index (κ2) is 8.47. The molecule has 0 bridgehead atoms. The first-order valence-corrected chi connectivity index (χ1v) is 8.80. The van der Waals surface area contributed by atoms with E-state index in [9.17, 15) is 14.4 Å². The summed E-state index contributed by atoms with van der Waals surface area (Å²) in [5.74, 6) is -0.278. The minimum atomic E-state index is -0.478. The predicted molar refractivity (Wildman–Crippen MR) is 102 cm³/mol. The van der Waals surface area contributed by atoms with Crippen LogP contribution in [-0.2, 0) is 9.53 Å². The van der Waals surface area contributed by atoms with E-state index in [1.807, 2.05) is 4.90 Å². The highest BCUT2D eigenvalue weighted by Crippen LogP contribution is 2.14. The van der Waals surface area contributed by atoms with Gasteiger partial charge in [0, 0.05) is 51.2 Å². The van der Waals surface area contributed by atoms with Crippen LogP contribution in [0.25, 0.3) is 0 Å². The van der Waals surface area contributed by atoms with Gasteiger partial charge in [-0.2, -0.15) is 0 Å². The van der Waals surface area contributed by atoms with Crippen molar-refractivity contribution < 1.29 is 19.1 Å². The van der Waals surface area contributed by atoms with E-state index in [0.717, 1.165) is 0 Å². The fourth-order valence-electron chi connectivity index (χ4n) is 2.87. The maximum atomic E-state index is 12.4. The van der Waals surface area contributed by atoms with Gasteiger partial charge >= 0.3 is 5.97 Å². The summed E-state index contributed by atoms with van der Waals surface area (Å²) in [7, 11) is 1.30. The van der Waals surface area contributed by atoms with Gasteiger partial charge in [0.2, 0.25) is 11.9 Å². The summed E-state index contributed by atoms with van der Waals surface area (Å²) in [5, 5.41) is 2.71. The van der Waals surface area contributed by atoms with E-state index in [1.54, 1.807) is 30.0 Å². The molecule has 3 rings (SSSR count). The Morgan fingerprint density at radius 2 is 1.71 bits per heavy atom. The topological polar surface area (TPSA) is 105 Å². The summed E-state index contributed by atoms with van der Waals surface area (Å²) in [6.45, 7) is 4.09. The number of carbonyl (C=O) groups is 3. The quantitative estimate of drug-likeness (QED) is 0.791. The standard InChI is InChI=1S/C19H21N5O4/c1-13(25)23-6-8-24(9-7-23)19-20-11-15(12-21-19)17(26)22-16-5-3-4-14(10-16)18(27)28-2/h3-5,10-12H,6-9H2,1-2H3,(H,22,26). The molecule has 0 unspecified atom stereocenters. The molecule has 1 aliphatic heterocycles. The molecular weight excluding hydrogens is 362 g/mol. The molecule has 1 fully saturated rings. The van der Waals surface area contributed by atoms with Gasteiger partial charge in [-0.05, 0) is 18.2 Å². The molecule has 0 saturated carbocycles.